The van der Waals surface area contributed by atoms with Crippen LogP contribution < -0.4 is 9.62 Å². The number of hydrogen-bond acceptors (Lipinski definition) is 6. The molecule has 0 bridgehead atoms. The number of anilines is 1. The third-order valence-corrected chi connectivity index (χ3v) is 7.93. The van der Waals surface area contributed by atoms with Crippen LogP contribution in [0.15, 0.2) is 36.5 Å². The van der Waals surface area contributed by atoms with Gasteiger partial charge in [0, 0.05) is 12.6 Å². The van der Waals surface area contributed by atoms with Gasteiger partial charge in [-0.25, -0.2) is 18.1 Å². The van der Waals surface area contributed by atoms with Crippen LogP contribution in [0.4, 0.5) is 5.00 Å². The minimum absolute atomic E-state index is 0.00794. The zero-order chi connectivity index (χ0) is 21.1. The number of ether oxygens (including phenoxy) is 1. The Hall–Kier alpha value is -1.48. The molecule has 0 amide bonds. The smallest absolute Gasteiger partial charge is 0.209 e. The lowest BCUT2D eigenvalue weighted by Crippen LogP contribution is -2.47. The van der Waals surface area contributed by atoms with E-state index in [0.717, 1.165) is 48.7 Å². The molecule has 164 valence electrons. The molecule has 2 fully saturated rings. The highest BCUT2D eigenvalue weighted by Crippen LogP contribution is 2.35. The van der Waals surface area contributed by atoms with Crippen LogP contribution in [0, 0.1) is 6.92 Å². The molecule has 0 radical (unpaired) electrons. The lowest BCUT2D eigenvalue weighted by Gasteiger charge is -2.33. The van der Waals surface area contributed by atoms with Crippen molar-refractivity contribution in [2.45, 2.75) is 63.1 Å². The minimum atomic E-state index is -3.27. The summed E-state index contributed by atoms with van der Waals surface area (Å²) >= 11 is 1.65. The van der Waals surface area contributed by atoms with Gasteiger partial charge in [-0.3, -0.25) is 0 Å². The van der Waals surface area contributed by atoms with Crippen LogP contribution in [0.3, 0.4) is 0 Å². The van der Waals surface area contributed by atoms with Crippen LogP contribution in [0.1, 0.15) is 48.6 Å². The van der Waals surface area contributed by atoms with Gasteiger partial charge in [0.05, 0.1) is 36.2 Å². The maximum absolute atomic E-state index is 11.9. The van der Waals surface area contributed by atoms with E-state index < -0.39 is 10.0 Å². The predicted molar refractivity (Wildman–Crippen MR) is 122 cm³/mol. The van der Waals surface area contributed by atoms with Crippen molar-refractivity contribution < 1.29 is 13.2 Å². The van der Waals surface area contributed by atoms with Crippen molar-refractivity contribution in [3.8, 4) is 0 Å². The number of aryl methyl sites for hydroxylation is 1. The van der Waals surface area contributed by atoms with E-state index >= 15 is 0 Å². The van der Waals surface area contributed by atoms with E-state index in [9.17, 15) is 8.42 Å². The monoisotopic (exact) mass is 449 g/mol. The van der Waals surface area contributed by atoms with Crippen molar-refractivity contribution in [3.05, 3.63) is 47.1 Å². The van der Waals surface area contributed by atoms with E-state index in [1.54, 1.807) is 11.3 Å². The summed E-state index contributed by atoms with van der Waals surface area (Å²) in [6.45, 7) is 3.33. The molecule has 2 atom stereocenters. The van der Waals surface area contributed by atoms with E-state index in [-0.39, 0.29) is 18.2 Å². The third kappa shape index (κ3) is 5.41. The lowest BCUT2D eigenvalue weighted by atomic mass is 9.83. The van der Waals surface area contributed by atoms with Crippen LogP contribution in [0.2, 0.25) is 0 Å². The highest BCUT2D eigenvalue weighted by Gasteiger charge is 2.37. The highest BCUT2D eigenvalue weighted by molar-refractivity contribution is 7.88. The summed E-state index contributed by atoms with van der Waals surface area (Å²) < 4.78 is 32.9. The van der Waals surface area contributed by atoms with Gasteiger partial charge >= 0.3 is 0 Å². The molecule has 1 aromatic carbocycles. The first-order chi connectivity index (χ1) is 14.4. The zero-order valence-electron chi connectivity index (χ0n) is 17.7. The van der Waals surface area contributed by atoms with E-state index in [0.29, 0.717) is 12.5 Å². The Balaban J connectivity index is 1.37. The van der Waals surface area contributed by atoms with Gasteiger partial charge in [0.15, 0.2) is 0 Å². The number of hydrogen-bond donors (Lipinski definition) is 1. The Kier molecular flexibility index (Phi) is 6.77. The standard InChI is InChI=1S/C22H31N3O3S2/c1-16-23-14-22(29-16)25-13-12-20(24-30(2,26)27)21(25)15-28-19-10-8-18(9-11-19)17-6-4-3-5-7-17/h3-7,14,18-21,24H,8-13,15H2,1-2H3/t18?,19?,20-,21-/m0/s1. The second-order valence-corrected chi connectivity index (χ2v) is 11.5. The van der Waals surface area contributed by atoms with Crippen LogP contribution >= 0.6 is 11.3 Å². The van der Waals surface area contributed by atoms with Crippen molar-refractivity contribution in [1.82, 2.24) is 9.71 Å². The van der Waals surface area contributed by atoms with Gasteiger partial charge < -0.3 is 9.64 Å². The second-order valence-electron chi connectivity index (χ2n) is 8.48. The molecule has 0 spiro atoms. The summed E-state index contributed by atoms with van der Waals surface area (Å²) in [6, 6.07) is 10.6. The van der Waals surface area contributed by atoms with Crippen LogP contribution in [0.25, 0.3) is 0 Å². The average Bonchev–Trinajstić information content (AvgIpc) is 3.32. The number of nitrogens with one attached hydrogen (secondary N) is 1. The SMILES string of the molecule is Cc1ncc(N2CC[C@H](NS(C)(=O)=O)[C@@H]2COC2CCC(c3ccccc3)CC2)s1. The van der Waals surface area contributed by atoms with Crippen molar-refractivity contribution in [1.29, 1.82) is 0 Å². The summed E-state index contributed by atoms with van der Waals surface area (Å²) in [5, 5.41) is 2.11. The fraction of sp³-hybridized carbons (Fsp3) is 0.591. The first-order valence-electron chi connectivity index (χ1n) is 10.7. The molecule has 1 N–H and O–H groups in total. The van der Waals surface area contributed by atoms with Gasteiger partial charge in [-0.15, -0.1) is 11.3 Å². The fourth-order valence-electron chi connectivity index (χ4n) is 4.75. The molecule has 1 saturated heterocycles. The third-order valence-electron chi connectivity index (χ3n) is 6.25. The zero-order valence-corrected chi connectivity index (χ0v) is 19.3. The molecule has 0 unspecified atom stereocenters. The van der Waals surface area contributed by atoms with Gasteiger partial charge in [-0.05, 0) is 50.5 Å². The fourth-order valence-corrected chi connectivity index (χ4v) is 6.43. The summed E-state index contributed by atoms with van der Waals surface area (Å²) in [5.74, 6) is 0.619. The van der Waals surface area contributed by atoms with Crippen molar-refractivity contribution >= 4 is 26.4 Å². The van der Waals surface area contributed by atoms with E-state index in [1.807, 2.05) is 13.1 Å². The molecule has 2 aliphatic rings. The quantitative estimate of drug-likeness (QED) is 0.698. The molecule has 1 aliphatic heterocycles. The van der Waals surface area contributed by atoms with Crippen LogP contribution in [-0.2, 0) is 14.8 Å². The normalized spacial score (nSPS) is 27.5. The molecule has 4 rings (SSSR count). The Morgan fingerprint density at radius 1 is 1.17 bits per heavy atom. The molecule has 30 heavy (non-hydrogen) atoms. The number of aromatic nitrogens is 1. The Bertz CT molecular complexity index is 924. The van der Waals surface area contributed by atoms with Crippen LogP contribution in [0.5, 0.6) is 0 Å². The number of nitrogens with zero attached hydrogens (tertiary/aromatic N) is 2. The first-order valence-corrected chi connectivity index (χ1v) is 13.4. The maximum Gasteiger partial charge on any atom is 0.209 e. The molecule has 2 aromatic rings. The largest absolute Gasteiger partial charge is 0.376 e. The minimum Gasteiger partial charge on any atom is -0.376 e. The number of sulfonamides is 1. The second kappa shape index (κ2) is 9.34. The van der Waals surface area contributed by atoms with Crippen molar-refractivity contribution in [2.24, 2.45) is 0 Å². The molecular formula is C22H31N3O3S2. The molecule has 1 aromatic heterocycles. The predicted octanol–water partition coefficient (Wildman–Crippen LogP) is 3.69. The summed E-state index contributed by atoms with van der Waals surface area (Å²) in [5.41, 5.74) is 1.43. The van der Waals surface area contributed by atoms with Gasteiger partial charge in [0.25, 0.3) is 0 Å². The summed E-state index contributed by atoms with van der Waals surface area (Å²) in [7, 11) is -3.27. The average molecular weight is 450 g/mol. The van der Waals surface area contributed by atoms with E-state index in [2.05, 4.69) is 44.9 Å². The molecule has 1 saturated carbocycles. The molecular weight excluding hydrogens is 418 g/mol. The Morgan fingerprint density at radius 3 is 2.53 bits per heavy atom. The topological polar surface area (TPSA) is 71.5 Å². The molecule has 6 nitrogen and oxygen atoms in total. The van der Waals surface area contributed by atoms with Gasteiger partial charge in [0.1, 0.15) is 5.00 Å². The highest BCUT2D eigenvalue weighted by atomic mass is 32.2. The molecule has 8 heteroatoms. The molecule has 1 aliphatic carbocycles. The van der Waals surface area contributed by atoms with Gasteiger partial charge in [-0.1, -0.05) is 30.3 Å². The number of thiazole rings is 1. The van der Waals surface area contributed by atoms with E-state index in [1.165, 1.54) is 11.8 Å². The number of benzene rings is 1. The van der Waals surface area contributed by atoms with Crippen molar-refractivity contribution in [3.63, 3.8) is 0 Å². The number of rotatable bonds is 7. The Labute approximate surface area is 183 Å². The van der Waals surface area contributed by atoms with Gasteiger partial charge in [0.2, 0.25) is 10.0 Å². The summed E-state index contributed by atoms with van der Waals surface area (Å²) in [4.78, 5) is 6.65. The molecule has 2 heterocycles. The van der Waals surface area contributed by atoms with Crippen LogP contribution in [-0.4, -0.2) is 51.0 Å². The maximum atomic E-state index is 11.9. The lowest BCUT2D eigenvalue weighted by molar-refractivity contribution is 0.0157. The summed E-state index contributed by atoms with van der Waals surface area (Å²) in [6.07, 6.45) is 8.53. The Morgan fingerprint density at radius 2 is 1.90 bits per heavy atom. The van der Waals surface area contributed by atoms with E-state index in [4.69, 9.17) is 4.74 Å². The van der Waals surface area contributed by atoms with Crippen molar-refractivity contribution in [2.75, 3.05) is 24.3 Å². The first kappa shape index (κ1) is 21.7. The van der Waals surface area contributed by atoms with Gasteiger partial charge in [-0.2, -0.15) is 0 Å².